The first kappa shape index (κ1) is 25.7. The van der Waals surface area contributed by atoms with E-state index in [2.05, 4.69) is 37.5 Å². The minimum atomic E-state index is -0.491. The van der Waals surface area contributed by atoms with Crippen molar-refractivity contribution in [1.29, 1.82) is 0 Å². The zero-order chi connectivity index (χ0) is 28.1. The lowest BCUT2D eigenvalue weighted by molar-refractivity contribution is 0.0782. The molecular weight excluding hydrogens is 525 g/mol. The second kappa shape index (κ2) is 9.99. The quantitative estimate of drug-likeness (QED) is 0.310. The van der Waals surface area contributed by atoms with Gasteiger partial charge in [0, 0.05) is 25.2 Å². The molecule has 4 aromatic rings. The van der Waals surface area contributed by atoms with E-state index >= 15 is 0 Å². The summed E-state index contributed by atoms with van der Waals surface area (Å²) in [6, 6.07) is 10.3. The van der Waals surface area contributed by atoms with Crippen LogP contribution < -0.4 is 20.9 Å². The van der Waals surface area contributed by atoms with Crippen LogP contribution in [0.5, 0.6) is 11.5 Å². The molecule has 212 valence electrons. The number of nitrogens with one attached hydrogen (secondary N) is 3. The van der Waals surface area contributed by atoms with Crippen molar-refractivity contribution in [3.05, 3.63) is 76.4 Å². The lowest BCUT2D eigenvalue weighted by Crippen LogP contribution is -2.44. The largest absolute Gasteiger partial charge is 0.451 e. The Labute approximate surface area is 235 Å². The van der Waals surface area contributed by atoms with Crippen molar-refractivity contribution in [1.82, 2.24) is 30.3 Å². The molecule has 1 spiro atoms. The lowest BCUT2D eigenvalue weighted by atomic mass is 9.91. The number of aromatic nitrogens is 4. The molecule has 1 saturated heterocycles. The van der Waals surface area contributed by atoms with Crippen molar-refractivity contribution in [3.63, 3.8) is 0 Å². The minimum absolute atomic E-state index is 0.0383. The van der Waals surface area contributed by atoms with E-state index < -0.39 is 5.82 Å². The molecule has 0 bridgehead atoms. The van der Waals surface area contributed by atoms with Gasteiger partial charge < -0.3 is 19.6 Å². The second-order valence-corrected chi connectivity index (χ2v) is 11.7. The predicted molar refractivity (Wildman–Crippen MR) is 151 cm³/mol. The van der Waals surface area contributed by atoms with Gasteiger partial charge in [-0.15, -0.1) is 0 Å². The highest BCUT2D eigenvalue weighted by atomic mass is 19.1. The fraction of sp³-hybridized carbons (Fsp3) is 0.400. The number of anilines is 1. The predicted octanol–water partition coefficient (Wildman–Crippen LogP) is 4.31. The van der Waals surface area contributed by atoms with E-state index in [1.807, 2.05) is 11.1 Å². The molecule has 2 unspecified atom stereocenters. The van der Waals surface area contributed by atoms with Gasteiger partial charge in [-0.1, -0.05) is 6.07 Å². The number of amides is 1. The molecule has 2 aromatic heterocycles. The van der Waals surface area contributed by atoms with Crippen LogP contribution in [0.25, 0.3) is 11.0 Å². The van der Waals surface area contributed by atoms with Gasteiger partial charge >= 0.3 is 5.69 Å². The number of hydrazine groups is 1. The summed E-state index contributed by atoms with van der Waals surface area (Å²) >= 11 is 0. The topological polar surface area (TPSA) is 119 Å². The maximum Gasteiger partial charge on any atom is 0.323 e. The maximum absolute atomic E-state index is 14.2. The standard InChI is InChI=1S/C30H32FN7O3/c1-37(21-4-5-21)28(39)22-14-20(31)3-7-25(22)41-26-16-32-17-33-27(26)38-11-10-30(36-38)9-8-19(15-30)12-18-2-6-23-24(13-18)35-29(40)34-23/h2-3,6-7,13-14,16-17,19,21,36H,4-5,8-12,15H2,1H3,(H2,34,35,40). The van der Waals surface area contributed by atoms with Crippen LogP contribution in [0, 0.1) is 11.7 Å². The van der Waals surface area contributed by atoms with Crippen molar-refractivity contribution in [3.8, 4) is 11.5 Å². The van der Waals surface area contributed by atoms with Crippen LogP contribution in [0.4, 0.5) is 10.2 Å². The van der Waals surface area contributed by atoms with Crippen LogP contribution in [0.1, 0.15) is 54.4 Å². The second-order valence-electron chi connectivity index (χ2n) is 11.7. The van der Waals surface area contributed by atoms with Gasteiger partial charge in [-0.25, -0.2) is 24.6 Å². The minimum Gasteiger partial charge on any atom is -0.451 e. The van der Waals surface area contributed by atoms with Crippen LogP contribution in [-0.2, 0) is 6.42 Å². The Morgan fingerprint density at radius 3 is 2.83 bits per heavy atom. The maximum atomic E-state index is 14.2. The highest BCUT2D eigenvalue weighted by molar-refractivity contribution is 5.97. The summed E-state index contributed by atoms with van der Waals surface area (Å²) in [4.78, 5) is 40.8. The molecular formula is C30H32FN7O3. The third-order valence-corrected chi connectivity index (χ3v) is 8.72. The van der Waals surface area contributed by atoms with Gasteiger partial charge in [0.25, 0.3) is 5.91 Å². The fourth-order valence-corrected chi connectivity index (χ4v) is 6.44. The van der Waals surface area contributed by atoms with Gasteiger partial charge in [-0.2, -0.15) is 0 Å². The summed E-state index contributed by atoms with van der Waals surface area (Å²) in [5, 5.41) is 2.01. The highest BCUT2D eigenvalue weighted by Crippen LogP contribution is 2.43. The molecule has 3 fully saturated rings. The summed E-state index contributed by atoms with van der Waals surface area (Å²) in [6.45, 7) is 0.746. The third kappa shape index (κ3) is 5.06. The normalized spacial score (nSPS) is 22.1. The Morgan fingerprint density at radius 2 is 1.98 bits per heavy atom. The first-order valence-corrected chi connectivity index (χ1v) is 14.2. The van der Waals surface area contributed by atoms with Crippen LogP contribution in [0.2, 0.25) is 0 Å². The molecule has 11 heteroatoms. The van der Waals surface area contributed by atoms with Crippen LogP contribution in [0.3, 0.4) is 0 Å². The van der Waals surface area contributed by atoms with Gasteiger partial charge in [-0.3, -0.25) is 9.80 Å². The molecule has 3 heterocycles. The summed E-state index contributed by atoms with van der Waals surface area (Å²) in [5.41, 5.74) is 6.56. The molecule has 2 aliphatic carbocycles. The van der Waals surface area contributed by atoms with E-state index in [4.69, 9.17) is 4.74 Å². The number of carbonyl (C=O) groups excluding carboxylic acids is 1. The van der Waals surface area contributed by atoms with Crippen molar-refractivity contribution >= 4 is 22.8 Å². The lowest BCUT2D eigenvalue weighted by Gasteiger charge is -2.27. The number of hydrogen-bond donors (Lipinski definition) is 3. The first-order valence-electron chi connectivity index (χ1n) is 14.2. The monoisotopic (exact) mass is 557 g/mol. The summed E-state index contributed by atoms with van der Waals surface area (Å²) in [6.07, 6.45) is 10.0. The molecule has 2 saturated carbocycles. The van der Waals surface area contributed by atoms with Crippen molar-refractivity contribution < 1.29 is 13.9 Å². The number of imidazole rings is 1. The van der Waals surface area contributed by atoms with Crippen LogP contribution >= 0.6 is 0 Å². The number of aromatic amines is 2. The molecule has 3 aliphatic rings. The number of fused-ring (bicyclic) bond motifs is 1. The molecule has 1 amide bonds. The third-order valence-electron chi connectivity index (χ3n) is 8.72. The summed E-state index contributed by atoms with van der Waals surface area (Å²) < 4.78 is 20.4. The number of rotatable bonds is 7. The first-order chi connectivity index (χ1) is 19.9. The Morgan fingerprint density at radius 1 is 1.12 bits per heavy atom. The smallest absolute Gasteiger partial charge is 0.323 e. The van der Waals surface area contributed by atoms with Crippen molar-refractivity contribution in [2.45, 2.75) is 56.5 Å². The molecule has 41 heavy (non-hydrogen) atoms. The number of carbonyl (C=O) groups is 1. The number of nitrogens with zero attached hydrogens (tertiary/aromatic N) is 4. The average molecular weight is 558 g/mol. The van der Waals surface area contributed by atoms with Crippen molar-refractivity contribution in [2.24, 2.45) is 5.92 Å². The molecule has 3 N–H and O–H groups in total. The van der Waals surface area contributed by atoms with Crippen LogP contribution in [-0.4, -0.2) is 55.9 Å². The SMILES string of the molecule is CN(C(=O)c1cc(F)ccc1Oc1cncnc1N1CCC2(CCC(Cc3ccc4[nH]c(=O)[nH]c4c3)C2)N1)C1CC1. The van der Waals surface area contributed by atoms with E-state index in [0.29, 0.717) is 17.5 Å². The Kier molecular flexibility index (Phi) is 6.26. The van der Waals surface area contributed by atoms with Gasteiger partial charge in [0.05, 0.1) is 22.8 Å². The van der Waals surface area contributed by atoms with E-state index in [0.717, 1.165) is 62.5 Å². The zero-order valence-corrected chi connectivity index (χ0v) is 22.8. The Balaban J connectivity index is 1.06. The van der Waals surface area contributed by atoms with Gasteiger partial charge in [0.1, 0.15) is 17.9 Å². The number of ether oxygens (including phenoxy) is 1. The van der Waals surface area contributed by atoms with E-state index in [9.17, 15) is 14.0 Å². The highest BCUT2D eigenvalue weighted by Gasteiger charge is 2.44. The van der Waals surface area contributed by atoms with E-state index in [1.165, 1.54) is 30.1 Å². The van der Waals surface area contributed by atoms with Gasteiger partial charge in [0.2, 0.25) is 0 Å². The summed E-state index contributed by atoms with van der Waals surface area (Å²) in [5.74, 6) is 1.02. The summed E-state index contributed by atoms with van der Waals surface area (Å²) in [7, 11) is 1.74. The number of halogens is 1. The molecule has 7 rings (SSSR count). The molecule has 2 aromatic carbocycles. The Hall–Kier alpha value is -4.25. The van der Waals surface area contributed by atoms with E-state index in [-0.39, 0.29) is 34.5 Å². The zero-order valence-electron chi connectivity index (χ0n) is 22.8. The molecule has 0 radical (unpaired) electrons. The van der Waals surface area contributed by atoms with Crippen LogP contribution in [0.15, 0.2) is 53.7 Å². The van der Waals surface area contributed by atoms with Gasteiger partial charge in [-0.05, 0) is 86.8 Å². The van der Waals surface area contributed by atoms with E-state index in [1.54, 1.807) is 18.1 Å². The average Bonchev–Trinajstić information content (AvgIpc) is 3.47. The Bertz CT molecular complexity index is 1680. The molecule has 10 nitrogen and oxygen atoms in total. The van der Waals surface area contributed by atoms with Crippen molar-refractivity contribution in [2.75, 3.05) is 18.6 Å². The number of benzene rings is 2. The molecule has 1 aliphatic heterocycles. The number of hydrogen-bond acceptors (Lipinski definition) is 7. The number of H-pyrrole nitrogens is 2. The fourth-order valence-electron chi connectivity index (χ4n) is 6.44. The molecule has 2 atom stereocenters. The van der Waals surface area contributed by atoms with Gasteiger partial charge in [0.15, 0.2) is 11.6 Å².